The van der Waals surface area contributed by atoms with Crippen molar-refractivity contribution in [1.82, 2.24) is 9.88 Å². The van der Waals surface area contributed by atoms with Gasteiger partial charge in [0.2, 0.25) is 0 Å². The largest absolute Gasteiger partial charge is 0.479 e. The van der Waals surface area contributed by atoms with Gasteiger partial charge >= 0.3 is 5.97 Å². The predicted molar refractivity (Wildman–Crippen MR) is 156 cm³/mol. The second kappa shape index (κ2) is 11.7. The summed E-state index contributed by atoms with van der Waals surface area (Å²) < 4.78 is 22.5. The van der Waals surface area contributed by atoms with E-state index in [0.29, 0.717) is 17.0 Å². The number of hydrogen-bond donors (Lipinski definition) is 2. The number of aryl methyl sites for hydroxylation is 1. The molecule has 0 bridgehead atoms. The minimum Gasteiger partial charge on any atom is -0.479 e. The summed E-state index contributed by atoms with van der Waals surface area (Å²) in [6.45, 7) is 11.7. The van der Waals surface area contributed by atoms with Crippen LogP contribution in [0.5, 0.6) is 5.75 Å². The highest BCUT2D eigenvalue weighted by Gasteiger charge is 2.21. The molecule has 2 atom stereocenters. The summed E-state index contributed by atoms with van der Waals surface area (Å²) in [6.07, 6.45) is -1.17. The first-order valence-electron chi connectivity index (χ1n) is 13.3. The van der Waals surface area contributed by atoms with Crippen LogP contribution in [0.15, 0.2) is 54.6 Å². The van der Waals surface area contributed by atoms with Crippen LogP contribution in [0.25, 0.3) is 10.9 Å². The lowest BCUT2D eigenvalue weighted by Crippen LogP contribution is -2.26. The van der Waals surface area contributed by atoms with Crippen LogP contribution in [0.3, 0.4) is 0 Å². The van der Waals surface area contributed by atoms with Gasteiger partial charge in [0, 0.05) is 27.7 Å². The van der Waals surface area contributed by atoms with Crippen LogP contribution >= 0.6 is 11.6 Å². The molecular formula is C32H34ClFN2O4. The quantitative estimate of drug-likeness (QED) is 0.220. The van der Waals surface area contributed by atoms with E-state index in [0.717, 1.165) is 27.7 Å². The standard InChI is InChI=1S/C32H34ClFN2O4/c1-17(2)22-8-7-9-23(14-22)19(4)35-31(37)24-10-12-27-26(15-24)18(3)20(5)36(27)16-25-11-13-28(29(33)30(25)34)40-21(6)32(38)39/h7-15,17,19,21H,16H2,1-6H3,(H,35,37)(H,38,39). The molecule has 0 fully saturated rings. The Balaban J connectivity index is 1.59. The van der Waals surface area contributed by atoms with Crippen LogP contribution in [-0.4, -0.2) is 27.7 Å². The highest BCUT2D eigenvalue weighted by atomic mass is 35.5. The Kier molecular flexibility index (Phi) is 8.54. The fourth-order valence-electron chi connectivity index (χ4n) is 4.74. The number of carboxylic acids is 1. The fraction of sp³-hybridized carbons (Fsp3) is 0.312. The Hall–Kier alpha value is -3.84. The van der Waals surface area contributed by atoms with Crippen molar-refractivity contribution in [3.05, 3.63) is 98.9 Å². The van der Waals surface area contributed by atoms with Gasteiger partial charge < -0.3 is 19.7 Å². The summed E-state index contributed by atoms with van der Waals surface area (Å²) in [5.41, 5.74) is 5.93. The lowest BCUT2D eigenvalue weighted by molar-refractivity contribution is -0.144. The number of nitrogens with zero attached hydrogens (tertiary/aromatic N) is 1. The van der Waals surface area contributed by atoms with Crippen LogP contribution < -0.4 is 10.1 Å². The molecule has 4 rings (SSSR count). The number of carboxylic acid groups (broad SMARTS) is 1. The number of carbonyl (C=O) groups excluding carboxylic acids is 1. The van der Waals surface area contributed by atoms with Crippen LogP contribution in [0.1, 0.15) is 78.0 Å². The van der Waals surface area contributed by atoms with Crippen LogP contribution in [0, 0.1) is 19.7 Å². The first-order chi connectivity index (χ1) is 18.9. The van der Waals surface area contributed by atoms with Crippen LogP contribution in [-0.2, 0) is 11.3 Å². The van der Waals surface area contributed by atoms with E-state index in [9.17, 15) is 9.59 Å². The number of benzene rings is 3. The average Bonchev–Trinajstić information content (AvgIpc) is 3.16. The minimum atomic E-state index is -1.17. The number of halogens is 2. The van der Waals surface area contributed by atoms with Crippen molar-refractivity contribution >= 4 is 34.4 Å². The summed E-state index contributed by atoms with van der Waals surface area (Å²) in [4.78, 5) is 24.3. The number of carbonyl (C=O) groups is 2. The van der Waals surface area contributed by atoms with Gasteiger partial charge in [0.15, 0.2) is 11.9 Å². The normalized spacial score (nSPS) is 12.9. The highest BCUT2D eigenvalue weighted by Crippen LogP contribution is 2.33. The van der Waals surface area contributed by atoms with Gasteiger partial charge in [-0.05, 0) is 74.6 Å². The summed E-state index contributed by atoms with van der Waals surface area (Å²) in [5, 5.41) is 12.8. The van der Waals surface area contributed by atoms with Gasteiger partial charge in [0.05, 0.1) is 12.6 Å². The van der Waals surface area contributed by atoms with E-state index in [2.05, 4.69) is 31.3 Å². The third-order valence-electron chi connectivity index (χ3n) is 7.43. The molecule has 1 aromatic heterocycles. The number of rotatable bonds is 9. The lowest BCUT2D eigenvalue weighted by Gasteiger charge is -2.17. The lowest BCUT2D eigenvalue weighted by atomic mass is 9.98. The van der Waals surface area contributed by atoms with E-state index < -0.39 is 17.9 Å². The summed E-state index contributed by atoms with van der Waals surface area (Å²) in [5.74, 6) is -1.63. The maximum Gasteiger partial charge on any atom is 0.344 e. The number of ether oxygens (including phenoxy) is 1. The Morgan fingerprint density at radius 3 is 2.40 bits per heavy atom. The number of aromatic nitrogens is 1. The monoisotopic (exact) mass is 564 g/mol. The van der Waals surface area contributed by atoms with Gasteiger partial charge in [-0.3, -0.25) is 4.79 Å². The predicted octanol–water partition coefficient (Wildman–Crippen LogP) is 7.57. The molecule has 0 saturated heterocycles. The van der Waals surface area contributed by atoms with E-state index in [1.54, 1.807) is 12.1 Å². The number of fused-ring (bicyclic) bond motifs is 1. The molecule has 8 heteroatoms. The molecule has 1 amide bonds. The van der Waals surface area contributed by atoms with Gasteiger partial charge in [0.1, 0.15) is 10.8 Å². The van der Waals surface area contributed by atoms with Gasteiger partial charge in [-0.25, -0.2) is 9.18 Å². The van der Waals surface area contributed by atoms with E-state index in [1.807, 2.05) is 49.6 Å². The van der Waals surface area contributed by atoms with Crippen molar-refractivity contribution < 1.29 is 23.8 Å². The minimum absolute atomic E-state index is 0.0242. The maximum atomic E-state index is 15.2. The maximum absolute atomic E-state index is 15.2. The zero-order valence-corrected chi connectivity index (χ0v) is 24.3. The van der Waals surface area contributed by atoms with E-state index >= 15 is 4.39 Å². The van der Waals surface area contributed by atoms with Gasteiger partial charge in [-0.2, -0.15) is 0 Å². The molecule has 210 valence electrons. The third-order valence-corrected chi connectivity index (χ3v) is 7.79. The molecule has 2 unspecified atom stereocenters. The number of amides is 1. The molecule has 3 aromatic carbocycles. The molecule has 0 aliphatic rings. The smallest absolute Gasteiger partial charge is 0.344 e. The van der Waals surface area contributed by atoms with Gasteiger partial charge in [-0.15, -0.1) is 0 Å². The SMILES string of the molecule is Cc1c(C)n(Cc2ccc(OC(C)C(=O)O)c(Cl)c2F)c2ccc(C(=O)NC(C)c3cccc(C(C)C)c3)cc12. The summed E-state index contributed by atoms with van der Waals surface area (Å²) in [7, 11) is 0. The van der Waals surface area contributed by atoms with Crippen molar-refractivity contribution in [1.29, 1.82) is 0 Å². The highest BCUT2D eigenvalue weighted by molar-refractivity contribution is 6.32. The Labute approximate surface area is 238 Å². The number of aliphatic carboxylic acids is 1. The average molecular weight is 565 g/mol. The first kappa shape index (κ1) is 29.2. The van der Waals surface area contributed by atoms with Crippen molar-refractivity contribution in [3.63, 3.8) is 0 Å². The molecule has 1 heterocycles. The summed E-state index contributed by atoms with van der Waals surface area (Å²) in [6, 6.07) is 16.6. The molecule has 4 aromatic rings. The summed E-state index contributed by atoms with van der Waals surface area (Å²) >= 11 is 6.20. The van der Waals surface area contributed by atoms with Crippen LogP contribution in [0.4, 0.5) is 4.39 Å². The Bertz CT molecular complexity index is 1590. The van der Waals surface area contributed by atoms with Gasteiger partial charge in [-0.1, -0.05) is 55.8 Å². The third kappa shape index (κ3) is 5.85. The Morgan fingerprint density at radius 1 is 1.02 bits per heavy atom. The molecule has 40 heavy (non-hydrogen) atoms. The second-order valence-electron chi connectivity index (χ2n) is 10.5. The Morgan fingerprint density at radius 2 is 1.73 bits per heavy atom. The molecule has 0 saturated carbocycles. The zero-order valence-electron chi connectivity index (χ0n) is 23.5. The van der Waals surface area contributed by atoms with E-state index in [1.165, 1.54) is 18.6 Å². The molecule has 0 aliphatic heterocycles. The van der Waals surface area contributed by atoms with Gasteiger partial charge in [0.25, 0.3) is 5.91 Å². The number of hydrogen-bond acceptors (Lipinski definition) is 3. The molecular weight excluding hydrogens is 531 g/mol. The first-order valence-corrected chi connectivity index (χ1v) is 13.6. The molecule has 0 radical (unpaired) electrons. The van der Waals surface area contributed by atoms with E-state index in [4.69, 9.17) is 21.4 Å². The topological polar surface area (TPSA) is 80.6 Å². The second-order valence-corrected chi connectivity index (χ2v) is 10.9. The number of nitrogens with one attached hydrogen (secondary N) is 1. The van der Waals surface area contributed by atoms with Crippen molar-refractivity contribution in [2.45, 2.75) is 66.2 Å². The fourth-order valence-corrected chi connectivity index (χ4v) is 4.97. The molecule has 6 nitrogen and oxygen atoms in total. The van der Waals surface area contributed by atoms with Crippen molar-refractivity contribution in [3.8, 4) is 5.75 Å². The van der Waals surface area contributed by atoms with E-state index in [-0.39, 0.29) is 29.3 Å². The zero-order chi connectivity index (χ0) is 29.3. The molecule has 0 aliphatic carbocycles. The van der Waals surface area contributed by atoms with Crippen molar-refractivity contribution in [2.75, 3.05) is 0 Å². The van der Waals surface area contributed by atoms with Crippen molar-refractivity contribution in [2.24, 2.45) is 0 Å². The molecule has 0 spiro atoms. The van der Waals surface area contributed by atoms with Crippen LogP contribution in [0.2, 0.25) is 5.02 Å². The molecule has 2 N–H and O–H groups in total.